The molecule has 0 aromatic carbocycles. The third-order valence-corrected chi connectivity index (χ3v) is 3.70. The molecule has 0 radical (unpaired) electrons. The highest BCUT2D eigenvalue weighted by molar-refractivity contribution is 5.72. The smallest absolute Gasteiger partial charge is 0.247 e. The van der Waals surface area contributed by atoms with Crippen LogP contribution in [0.3, 0.4) is 0 Å². The summed E-state index contributed by atoms with van der Waals surface area (Å²) in [7, 11) is 0. The molecule has 0 amide bonds. The van der Waals surface area contributed by atoms with Crippen molar-refractivity contribution in [3.05, 3.63) is 0 Å². The van der Waals surface area contributed by atoms with Crippen LogP contribution in [0.1, 0.15) is 104 Å². The van der Waals surface area contributed by atoms with E-state index in [9.17, 15) is 9.59 Å². The quantitative estimate of drug-likeness (QED) is 0.242. The van der Waals surface area contributed by atoms with Gasteiger partial charge < -0.3 is 0 Å². The van der Waals surface area contributed by atoms with Gasteiger partial charge in [-0.15, -0.1) is 0 Å². The van der Waals surface area contributed by atoms with Gasteiger partial charge in [-0.3, -0.25) is 0 Å². The van der Waals surface area contributed by atoms with Gasteiger partial charge in [0.1, 0.15) is 0 Å². The van der Waals surface area contributed by atoms with Crippen LogP contribution in [0, 0.1) is 0 Å². The summed E-state index contributed by atoms with van der Waals surface area (Å²) in [4.78, 5) is 31.8. The van der Waals surface area contributed by atoms with Crippen LogP contribution in [0.2, 0.25) is 0 Å². The van der Waals surface area contributed by atoms with Gasteiger partial charge in [-0.1, -0.05) is 78.1 Å². The third-order valence-electron chi connectivity index (χ3n) is 3.70. The molecular weight excluding hydrogens is 280 g/mol. The molecule has 0 heterocycles. The van der Waals surface area contributed by atoms with Gasteiger partial charge in [0.2, 0.25) is 0 Å². The summed E-state index contributed by atoms with van der Waals surface area (Å²) in [6.45, 7) is 4.35. The highest BCUT2D eigenvalue weighted by Crippen LogP contribution is 2.09. The van der Waals surface area contributed by atoms with Gasteiger partial charge >= 0.3 is 11.9 Å². The molecule has 0 rings (SSSR count). The molecule has 0 N–H and O–H groups in total. The van der Waals surface area contributed by atoms with E-state index in [2.05, 4.69) is 23.6 Å². The van der Waals surface area contributed by atoms with Gasteiger partial charge in [0.15, 0.2) is 0 Å². The van der Waals surface area contributed by atoms with E-state index in [1.165, 1.54) is 38.5 Å². The molecule has 0 bridgehead atoms. The first kappa shape index (κ1) is 20.9. The first-order chi connectivity index (χ1) is 10.7. The maximum absolute atomic E-state index is 11.4. The summed E-state index contributed by atoms with van der Waals surface area (Å²) in [6, 6.07) is 0. The average molecular weight is 314 g/mol. The Kier molecular flexibility index (Phi) is 15.5. The summed E-state index contributed by atoms with van der Waals surface area (Å²) >= 11 is 0. The molecule has 0 aliphatic carbocycles. The second-order valence-electron chi connectivity index (χ2n) is 5.95. The molecule has 0 aliphatic rings. The fraction of sp³-hybridized carbons (Fsp3) is 0.889. The minimum atomic E-state index is -0.440. The van der Waals surface area contributed by atoms with E-state index in [1.54, 1.807) is 0 Å². The van der Waals surface area contributed by atoms with Crippen LogP contribution < -0.4 is 0 Å². The van der Waals surface area contributed by atoms with Crippen molar-refractivity contribution in [3.8, 4) is 0 Å². The molecule has 0 aliphatic heterocycles. The molecule has 0 saturated heterocycles. The molecule has 0 aromatic rings. The topological polar surface area (TPSA) is 52.6 Å². The van der Waals surface area contributed by atoms with Crippen LogP contribution in [0.5, 0.6) is 0 Å². The van der Waals surface area contributed by atoms with E-state index < -0.39 is 11.9 Å². The summed E-state index contributed by atoms with van der Waals surface area (Å²) < 4.78 is 0. The molecule has 0 atom stereocenters. The maximum atomic E-state index is 11.4. The lowest BCUT2D eigenvalue weighted by atomic mass is 10.1. The van der Waals surface area contributed by atoms with E-state index in [-0.39, 0.29) is 0 Å². The number of hydrogen-bond acceptors (Lipinski definition) is 4. The number of rotatable bonds is 14. The van der Waals surface area contributed by atoms with Crippen molar-refractivity contribution in [1.29, 1.82) is 0 Å². The lowest BCUT2D eigenvalue weighted by Gasteiger charge is -2.04. The van der Waals surface area contributed by atoms with Gasteiger partial charge in [0, 0.05) is 0 Å². The second-order valence-corrected chi connectivity index (χ2v) is 5.95. The average Bonchev–Trinajstić information content (AvgIpc) is 2.52. The van der Waals surface area contributed by atoms with E-state index >= 15 is 0 Å². The number of carbonyl (C=O) groups is 2. The summed E-state index contributed by atoms with van der Waals surface area (Å²) in [5, 5.41) is 0. The van der Waals surface area contributed by atoms with Crippen LogP contribution >= 0.6 is 0 Å². The Morgan fingerprint density at radius 2 is 0.864 bits per heavy atom. The van der Waals surface area contributed by atoms with Crippen molar-refractivity contribution in [2.75, 3.05) is 0 Å². The monoisotopic (exact) mass is 314 g/mol. The minimum Gasteiger partial charge on any atom is -0.247 e. The molecule has 0 saturated carbocycles. The van der Waals surface area contributed by atoms with E-state index in [1.807, 2.05) is 0 Å². The lowest BCUT2D eigenvalue weighted by molar-refractivity contribution is -0.259. The maximum Gasteiger partial charge on any atom is 0.355 e. The van der Waals surface area contributed by atoms with Gasteiger partial charge in [0.25, 0.3) is 0 Å². The zero-order chi connectivity index (χ0) is 16.5. The van der Waals surface area contributed by atoms with Crippen LogP contribution in [-0.2, 0) is 19.4 Å². The molecule has 4 heteroatoms. The molecular formula is C18H34O4. The van der Waals surface area contributed by atoms with Gasteiger partial charge in [-0.05, 0) is 12.8 Å². The Bertz CT molecular complexity index is 276. The number of carbonyl (C=O) groups excluding carboxylic acids is 2. The summed E-state index contributed by atoms with van der Waals surface area (Å²) in [5.74, 6) is -0.877. The Morgan fingerprint density at radius 3 is 1.23 bits per heavy atom. The number of unbranched alkanes of at least 4 members (excludes halogenated alkanes) is 10. The largest absolute Gasteiger partial charge is 0.355 e. The van der Waals surface area contributed by atoms with Gasteiger partial charge in [0.05, 0.1) is 12.8 Å². The molecule has 130 valence electrons. The summed E-state index contributed by atoms with van der Waals surface area (Å²) in [5.41, 5.74) is 0. The van der Waals surface area contributed by atoms with Gasteiger partial charge in [-0.25, -0.2) is 19.4 Å². The Morgan fingerprint density at radius 1 is 0.545 bits per heavy atom. The third kappa shape index (κ3) is 15.3. The predicted molar refractivity (Wildman–Crippen MR) is 88.2 cm³/mol. The predicted octanol–water partition coefficient (Wildman–Crippen LogP) is 5.49. The fourth-order valence-corrected chi connectivity index (χ4v) is 2.28. The number of hydrogen-bond donors (Lipinski definition) is 0. The molecule has 0 fully saturated rings. The van der Waals surface area contributed by atoms with Crippen molar-refractivity contribution in [3.63, 3.8) is 0 Å². The molecule has 22 heavy (non-hydrogen) atoms. The standard InChI is InChI=1S/C18H34O4/c1-3-5-7-9-10-12-14-16-18(20)22-21-17(19)15-13-11-8-6-4-2/h3-16H2,1-2H3. The first-order valence-corrected chi connectivity index (χ1v) is 9.10. The van der Waals surface area contributed by atoms with Crippen LogP contribution in [0.15, 0.2) is 0 Å². The van der Waals surface area contributed by atoms with Crippen molar-refractivity contribution in [2.24, 2.45) is 0 Å². The van der Waals surface area contributed by atoms with Crippen LogP contribution in [0.4, 0.5) is 0 Å². The van der Waals surface area contributed by atoms with Crippen molar-refractivity contribution < 1.29 is 19.4 Å². The SMILES string of the molecule is CCCCCCCCCC(=O)OOC(=O)CCCCCCC. The molecule has 4 nitrogen and oxygen atoms in total. The van der Waals surface area contributed by atoms with E-state index in [4.69, 9.17) is 0 Å². The zero-order valence-corrected chi connectivity index (χ0v) is 14.5. The Labute approximate surface area is 135 Å². The molecule has 0 unspecified atom stereocenters. The normalized spacial score (nSPS) is 10.5. The van der Waals surface area contributed by atoms with Gasteiger partial charge in [-0.2, -0.15) is 0 Å². The second kappa shape index (κ2) is 16.3. The molecule has 0 aromatic heterocycles. The lowest BCUT2D eigenvalue weighted by Crippen LogP contribution is -2.11. The Hall–Kier alpha value is -1.06. The van der Waals surface area contributed by atoms with Crippen molar-refractivity contribution >= 4 is 11.9 Å². The molecule has 0 spiro atoms. The van der Waals surface area contributed by atoms with Crippen LogP contribution in [0.25, 0.3) is 0 Å². The highest BCUT2D eigenvalue weighted by Gasteiger charge is 2.09. The zero-order valence-electron chi connectivity index (χ0n) is 14.5. The summed E-state index contributed by atoms with van der Waals surface area (Å²) in [6.07, 6.45) is 14.0. The minimum absolute atomic E-state index is 0.328. The van der Waals surface area contributed by atoms with E-state index in [0.29, 0.717) is 12.8 Å². The van der Waals surface area contributed by atoms with Crippen LogP contribution in [-0.4, -0.2) is 11.9 Å². The first-order valence-electron chi connectivity index (χ1n) is 9.10. The van der Waals surface area contributed by atoms with Crippen molar-refractivity contribution in [1.82, 2.24) is 0 Å². The highest BCUT2D eigenvalue weighted by atomic mass is 17.2. The van der Waals surface area contributed by atoms with E-state index in [0.717, 1.165) is 38.5 Å². The fourth-order valence-electron chi connectivity index (χ4n) is 2.28. The Balaban J connectivity index is 3.35. The van der Waals surface area contributed by atoms with Crippen molar-refractivity contribution in [2.45, 2.75) is 104 Å².